The lowest BCUT2D eigenvalue weighted by molar-refractivity contribution is -0.130. The first-order valence-electron chi connectivity index (χ1n) is 13.8. The van der Waals surface area contributed by atoms with Crippen molar-refractivity contribution in [1.82, 2.24) is 15.1 Å². The van der Waals surface area contributed by atoms with Crippen LogP contribution in [0.1, 0.15) is 79.7 Å². The molecule has 7 heteroatoms. The number of nitrogens with one attached hydrogen (secondary N) is 1. The van der Waals surface area contributed by atoms with Gasteiger partial charge in [0, 0.05) is 17.8 Å². The molecule has 1 N–H and O–H groups in total. The standard InChI is InChI=1S/C24H27FN4O.C5H8O.C2H6/c1-5-15(6-2)14-29-22(27-24(3,4)23(29)30)19-9-7-17(12-20(19)25)16-8-10-21-18(11-16)13-26-28-21;1-4(6)5-2-3-5;1-2/h7-13,15H,5-6,14H2,1-4H3,(H,26,28);5H,2-3H2,1H3;1-2H3. The van der Waals surface area contributed by atoms with Crippen molar-refractivity contribution < 1.29 is 14.0 Å². The molecule has 5 rings (SSSR count). The molecule has 1 aromatic heterocycles. The molecule has 0 radical (unpaired) electrons. The number of benzene rings is 2. The Hall–Kier alpha value is -3.35. The fourth-order valence-electron chi connectivity index (χ4n) is 4.47. The van der Waals surface area contributed by atoms with E-state index in [0.717, 1.165) is 47.7 Å². The Morgan fingerprint density at radius 1 is 1.11 bits per heavy atom. The molecule has 3 aromatic rings. The van der Waals surface area contributed by atoms with Gasteiger partial charge in [0.25, 0.3) is 5.91 Å². The molecular formula is C31H41FN4O2. The summed E-state index contributed by atoms with van der Waals surface area (Å²) < 4.78 is 15.3. The van der Waals surface area contributed by atoms with Gasteiger partial charge in [0.2, 0.25) is 0 Å². The second-order valence-electron chi connectivity index (χ2n) is 10.3. The van der Waals surface area contributed by atoms with Gasteiger partial charge in [-0.25, -0.2) is 4.39 Å². The maximum Gasteiger partial charge on any atom is 0.255 e. The number of ketones is 1. The minimum Gasteiger partial charge on any atom is -0.300 e. The number of hydrogen-bond donors (Lipinski definition) is 1. The van der Waals surface area contributed by atoms with Gasteiger partial charge in [-0.05, 0) is 74.9 Å². The molecule has 1 amide bonds. The van der Waals surface area contributed by atoms with E-state index < -0.39 is 5.54 Å². The molecule has 1 aliphatic heterocycles. The van der Waals surface area contributed by atoms with Crippen molar-refractivity contribution >= 4 is 28.4 Å². The number of amides is 1. The van der Waals surface area contributed by atoms with Gasteiger partial charge in [-0.15, -0.1) is 0 Å². The summed E-state index contributed by atoms with van der Waals surface area (Å²) in [5.74, 6) is 1.18. The van der Waals surface area contributed by atoms with E-state index in [0.29, 0.717) is 35.6 Å². The van der Waals surface area contributed by atoms with Gasteiger partial charge >= 0.3 is 0 Å². The van der Waals surface area contributed by atoms with Crippen molar-refractivity contribution in [3.05, 3.63) is 54.0 Å². The molecule has 204 valence electrons. The predicted molar refractivity (Wildman–Crippen MR) is 153 cm³/mol. The van der Waals surface area contributed by atoms with Crippen LogP contribution in [-0.2, 0) is 9.59 Å². The first-order chi connectivity index (χ1) is 18.1. The number of fused-ring (bicyclic) bond motifs is 1. The van der Waals surface area contributed by atoms with Gasteiger partial charge in [-0.1, -0.05) is 52.7 Å². The first kappa shape index (κ1) is 29.2. The molecule has 2 heterocycles. The van der Waals surface area contributed by atoms with Crippen LogP contribution in [0.3, 0.4) is 0 Å². The Bertz CT molecular complexity index is 1300. The van der Waals surface area contributed by atoms with Crippen molar-refractivity contribution in [2.24, 2.45) is 16.8 Å². The Labute approximate surface area is 225 Å². The lowest BCUT2D eigenvalue weighted by Crippen LogP contribution is -2.42. The topological polar surface area (TPSA) is 78.4 Å². The molecule has 1 saturated carbocycles. The minimum atomic E-state index is -0.876. The SMILES string of the molecule is CC.CC(=O)C1CC1.CCC(CC)CN1C(=O)C(C)(C)N=C1c1ccc(-c2ccc3[nH]ncc3c2)cc1F. The Kier molecular flexibility index (Phi) is 9.58. The van der Waals surface area contributed by atoms with Crippen molar-refractivity contribution in [2.45, 2.75) is 79.7 Å². The highest BCUT2D eigenvalue weighted by atomic mass is 19.1. The Morgan fingerprint density at radius 2 is 1.74 bits per heavy atom. The highest BCUT2D eigenvalue weighted by Crippen LogP contribution is 2.31. The number of hydrogen-bond acceptors (Lipinski definition) is 4. The average Bonchev–Trinajstić information content (AvgIpc) is 3.62. The third-order valence-electron chi connectivity index (χ3n) is 7.14. The number of amidine groups is 1. The number of halogens is 1. The lowest BCUT2D eigenvalue weighted by atomic mass is 10.00. The summed E-state index contributed by atoms with van der Waals surface area (Å²) in [6.45, 7) is 14.0. The summed E-state index contributed by atoms with van der Waals surface area (Å²) in [6.07, 6.45) is 5.97. The van der Waals surface area contributed by atoms with Gasteiger partial charge < -0.3 is 0 Å². The zero-order valence-electron chi connectivity index (χ0n) is 23.8. The van der Waals surface area contributed by atoms with E-state index in [-0.39, 0.29) is 11.7 Å². The zero-order valence-corrected chi connectivity index (χ0v) is 23.8. The monoisotopic (exact) mass is 520 g/mol. The maximum atomic E-state index is 15.3. The number of aliphatic imine (C=N–C) groups is 1. The summed E-state index contributed by atoms with van der Waals surface area (Å²) in [5.41, 5.74) is 2.11. The van der Waals surface area contributed by atoms with Gasteiger partial charge in [0.15, 0.2) is 0 Å². The molecule has 38 heavy (non-hydrogen) atoms. The van der Waals surface area contributed by atoms with Crippen LogP contribution in [-0.4, -0.2) is 44.7 Å². The fourth-order valence-corrected chi connectivity index (χ4v) is 4.47. The molecule has 2 aromatic carbocycles. The number of nitrogens with zero attached hydrogens (tertiary/aromatic N) is 3. The summed E-state index contributed by atoms with van der Waals surface area (Å²) in [6, 6.07) is 11.0. The highest BCUT2D eigenvalue weighted by molar-refractivity contribution is 6.15. The van der Waals surface area contributed by atoms with Gasteiger partial charge in [-0.3, -0.25) is 24.6 Å². The van der Waals surface area contributed by atoms with Crippen LogP contribution >= 0.6 is 0 Å². The molecule has 0 bridgehead atoms. The Morgan fingerprint density at radius 3 is 2.29 bits per heavy atom. The number of H-pyrrole nitrogens is 1. The summed E-state index contributed by atoms with van der Waals surface area (Å²) in [5, 5.41) is 7.93. The number of rotatable bonds is 7. The summed E-state index contributed by atoms with van der Waals surface area (Å²) >= 11 is 0. The van der Waals surface area contributed by atoms with E-state index in [1.54, 1.807) is 37.9 Å². The second-order valence-corrected chi connectivity index (χ2v) is 10.3. The molecule has 1 fully saturated rings. The summed E-state index contributed by atoms with van der Waals surface area (Å²) in [7, 11) is 0. The number of Topliss-reactive ketones (excluding diaryl/α,β-unsaturated/α-hetero) is 1. The lowest BCUT2D eigenvalue weighted by Gasteiger charge is -2.25. The average molecular weight is 521 g/mol. The molecule has 0 atom stereocenters. The third kappa shape index (κ3) is 6.55. The zero-order chi connectivity index (χ0) is 28.0. The number of aromatic nitrogens is 2. The van der Waals surface area contributed by atoms with Gasteiger partial charge in [0.05, 0.1) is 17.3 Å². The van der Waals surface area contributed by atoms with Crippen molar-refractivity contribution in [3.63, 3.8) is 0 Å². The maximum absolute atomic E-state index is 15.3. The van der Waals surface area contributed by atoms with Crippen molar-refractivity contribution in [1.29, 1.82) is 0 Å². The van der Waals surface area contributed by atoms with Crippen LogP contribution in [0.25, 0.3) is 22.0 Å². The molecule has 2 aliphatic rings. The van der Waals surface area contributed by atoms with Crippen molar-refractivity contribution in [3.8, 4) is 11.1 Å². The van der Waals surface area contributed by atoms with Gasteiger partial charge in [-0.2, -0.15) is 5.10 Å². The first-order valence-corrected chi connectivity index (χ1v) is 13.8. The van der Waals surface area contributed by atoms with Crippen LogP contribution in [0.15, 0.2) is 47.6 Å². The Balaban J connectivity index is 0.000000434. The molecule has 0 unspecified atom stereocenters. The molecule has 6 nitrogen and oxygen atoms in total. The predicted octanol–water partition coefficient (Wildman–Crippen LogP) is 7.18. The number of carbonyl (C=O) groups excluding carboxylic acids is 2. The van der Waals surface area contributed by atoms with E-state index in [9.17, 15) is 9.59 Å². The van der Waals surface area contributed by atoms with Crippen LogP contribution in [0.4, 0.5) is 4.39 Å². The second kappa shape index (κ2) is 12.5. The van der Waals surface area contributed by atoms with E-state index >= 15 is 4.39 Å². The number of carbonyl (C=O) groups is 2. The van der Waals surface area contributed by atoms with E-state index in [2.05, 4.69) is 29.0 Å². The minimum absolute atomic E-state index is 0.0710. The smallest absolute Gasteiger partial charge is 0.255 e. The summed E-state index contributed by atoms with van der Waals surface area (Å²) in [4.78, 5) is 29.4. The quantitative estimate of drug-likeness (QED) is 0.358. The molecular weight excluding hydrogens is 479 g/mol. The van der Waals surface area contributed by atoms with Crippen LogP contribution in [0.2, 0.25) is 0 Å². The fraction of sp³-hybridized carbons (Fsp3) is 0.484. The normalized spacial score (nSPS) is 16.1. The van der Waals surface area contributed by atoms with Crippen LogP contribution in [0.5, 0.6) is 0 Å². The largest absolute Gasteiger partial charge is 0.300 e. The molecule has 1 aliphatic carbocycles. The third-order valence-corrected chi connectivity index (χ3v) is 7.14. The number of aromatic amines is 1. The molecule has 0 spiro atoms. The van der Waals surface area contributed by atoms with E-state index in [4.69, 9.17) is 0 Å². The van der Waals surface area contributed by atoms with Crippen LogP contribution < -0.4 is 0 Å². The van der Waals surface area contributed by atoms with Gasteiger partial charge in [0.1, 0.15) is 23.0 Å². The van der Waals surface area contributed by atoms with E-state index in [1.165, 1.54) is 6.07 Å². The van der Waals surface area contributed by atoms with Crippen molar-refractivity contribution in [2.75, 3.05) is 6.54 Å². The molecule has 0 saturated heterocycles. The van der Waals surface area contributed by atoms with Crippen LogP contribution in [0, 0.1) is 17.7 Å². The highest BCUT2D eigenvalue weighted by Gasteiger charge is 2.42. The van der Waals surface area contributed by atoms with E-state index in [1.807, 2.05) is 38.1 Å².